The molecule has 3 rings (SSSR count). The third-order valence-electron chi connectivity index (χ3n) is 3.48. The number of para-hydroxylation sites is 1. The second kappa shape index (κ2) is 6.82. The molecule has 0 bridgehead atoms. The molecule has 0 radical (unpaired) electrons. The van der Waals surface area contributed by atoms with Gasteiger partial charge in [0.05, 0.1) is 0 Å². The summed E-state index contributed by atoms with van der Waals surface area (Å²) in [6.45, 7) is 2.63. The molecule has 0 fully saturated rings. The van der Waals surface area contributed by atoms with Crippen molar-refractivity contribution in [2.45, 2.75) is 10.8 Å². The Hall–Kier alpha value is -1.45. The summed E-state index contributed by atoms with van der Waals surface area (Å²) < 4.78 is 5.67. The van der Waals surface area contributed by atoms with E-state index in [1.54, 1.807) is 0 Å². The maximum absolute atomic E-state index is 5.67. The third kappa shape index (κ3) is 3.35. The van der Waals surface area contributed by atoms with Crippen LogP contribution in [0, 0.1) is 0 Å². The smallest absolute Gasteiger partial charge is 0.119 e. The number of hydrogen-bond acceptors (Lipinski definition) is 3. The van der Waals surface area contributed by atoms with E-state index in [0.717, 1.165) is 18.8 Å². The molecule has 0 saturated carbocycles. The second-order valence-corrected chi connectivity index (χ2v) is 5.97. The summed E-state index contributed by atoms with van der Waals surface area (Å²) >= 11 is 1.97. The van der Waals surface area contributed by atoms with Gasteiger partial charge in [0.25, 0.3) is 0 Å². The largest absolute Gasteiger partial charge is 0.492 e. The Labute approximate surface area is 124 Å². The van der Waals surface area contributed by atoms with Gasteiger partial charge in [-0.1, -0.05) is 36.4 Å². The van der Waals surface area contributed by atoms with Crippen LogP contribution < -0.4 is 10.1 Å². The molecule has 2 aromatic carbocycles. The number of thioether (sulfide) groups is 1. The molecule has 1 heterocycles. The van der Waals surface area contributed by atoms with Crippen LogP contribution in [0.15, 0.2) is 59.5 Å². The standard InChI is InChI=1S/C17H19NOS/c1-2-6-15(7-3-1)19-11-10-18-12-14-13-20-17-9-5-4-8-16(14)17/h1-9,14,18H,10-13H2. The lowest BCUT2D eigenvalue weighted by molar-refractivity contribution is 0.313. The number of benzene rings is 2. The Kier molecular flexibility index (Phi) is 4.61. The fourth-order valence-corrected chi connectivity index (χ4v) is 3.69. The SMILES string of the molecule is c1ccc(OCCNCC2CSc3ccccc32)cc1. The van der Waals surface area contributed by atoms with Gasteiger partial charge in [-0.25, -0.2) is 0 Å². The average molecular weight is 285 g/mol. The minimum absolute atomic E-state index is 0.632. The monoisotopic (exact) mass is 285 g/mol. The van der Waals surface area contributed by atoms with E-state index in [2.05, 4.69) is 29.6 Å². The summed E-state index contributed by atoms with van der Waals surface area (Å²) in [5, 5.41) is 3.50. The van der Waals surface area contributed by atoms with Crippen molar-refractivity contribution in [1.29, 1.82) is 0 Å². The molecule has 2 nitrogen and oxygen atoms in total. The van der Waals surface area contributed by atoms with Crippen molar-refractivity contribution in [2.75, 3.05) is 25.4 Å². The first-order valence-electron chi connectivity index (χ1n) is 7.04. The third-order valence-corrected chi connectivity index (χ3v) is 4.73. The van der Waals surface area contributed by atoms with Crippen LogP contribution in [0.25, 0.3) is 0 Å². The van der Waals surface area contributed by atoms with Crippen LogP contribution in [0.2, 0.25) is 0 Å². The molecule has 1 N–H and O–H groups in total. The summed E-state index contributed by atoms with van der Waals surface area (Å²) in [7, 11) is 0. The maximum Gasteiger partial charge on any atom is 0.119 e. The molecular formula is C17H19NOS. The lowest BCUT2D eigenvalue weighted by atomic mass is 10.0. The highest BCUT2D eigenvalue weighted by Crippen LogP contribution is 2.38. The Morgan fingerprint density at radius 2 is 1.85 bits per heavy atom. The van der Waals surface area contributed by atoms with Gasteiger partial charge in [0, 0.05) is 29.7 Å². The van der Waals surface area contributed by atoms with Crippen LogP contribution in [0.3, 0.4) is 0 Å². The normalized spacial score (nSPS) is 16.9. The zero-order valence-corrected chi connectivity index (χ0v) is 12.2. The van der Waals surface area contributed by atoms with Crippen molar-refractivity contribution in [3.05, 3.63) is 60.2 Å². The highest BCUT2D eigenvalue weighted by molar-refractivity contribution is 7.99. The molecule has 0 amide bonds. The molecule has 20 heavy (non-hydrogen) atoms. The summed E-state index contributed by atoms with van der Waals surface area (Å²) in [5.41, 5.74) is 1.49. The quantitative estimate of drug-likeness (QED) is 0.820. The summed E-state index contributed by atoms with van der Waals surface area (Å²) in [5.74, 6) is 2.76. The van der Waals surface area contributed by atoms with Gasteiger partial charge in [-0.3, -0.25) is 0 Å². The van der Waals surface area contributed by atoms with Crippen molar-refractivity contribution in [2.24, 2.45) is 0 Å². The van der Waals surface area contributed by atoms with E-state index in [4.69, 9.17) is 4.74 Å². The van der Waals surface area contributed by atoms with Crippen LogP contribution in [-0.2, 0) is 0 Å². The van der Waals surface area contributed by atoms with E-state index in [1.807, 2.05) is 42.1 Å². The van der Waals surface area contributed by atoms with Crippen molar-refractivity contribution >= 4 is 11.8 Å². The van der Waals surface area contributed by atoms with E-state index in [9.17, 15) is 0 Å². The molecule has 104 valence electrons. The van der Waals surface area contributed by atoms with E-state index < -0.39 is 0 Å². The van der Waals surface area contributed by atoms with Gasteiger partial charge in [-0.2, -0.15) is 0 Å². The first kappa shape index (κ1) is 13.5. The molecule has 1 aliphatic heterocycles. The molecule has 1 atom stereocenters. The Bertz CT molecular complexity index is 544. The van der Waals surface area contributed by atoms with E-state index in [-0.39, 0.29) is 0 Å². The summed E-state index contributed by atoms with van der Waals surface area (Å²) in [6.07, 6.45) is 0. The number of ether oxygens (including phenoxy) is 1. The zero-order valence-electron chi connectivity index (χ0n) is 11.4. The molecular weight excluding hydrogens is 266 g/mol. The Morgan fingerprint density at radius 3 is 2.75 bits per heavy atom. The lowest BCUT2D eigenvalue weighted by Crippen LogP contribution is -2.26. The molecule has 0 saturated heterocycles. The second-order valence-electron chi connectivity index (χ2n) is 4.91. The van der Waals surface area contributed by atoms with Gasteiger partial charge in [-0.15, -0.1) is 11.8 Å². The minimum atomic E-state index is 0.632. The number of hydrogen-bond donors (Lipinski definition) is 1. The molecule has 1 unspecified atom stereocenters. The fourth-order valence-electron chi connectivity index (χ4n) is 2.43. The Morgan fingerprint density at radius 1 is 1.05 bits per heavy atom. The molecule has 3 heteroatoms. The topological polar surface area (TPSA) is 21.3 Å². The predicted molar refractivity (Wildman–Crippen MR) is 84.7 cm³/mol. The van der Waals surface area contributed by atoms with E-state index in [0.29, 0.717) is 12.5 Å². The van der Waals surface area contributed by atoms with Crippen molar-refractivity contribution in [3.63, 3.8) is 0 Å². The van der Waals surface area contributed by atoms with Gasteiger partial charge in [0.2, 0.25) is 0 Å². The predicted octanol–water partition coefficient (Wildman–Crippen LogP) is 3.54. The minimum Gasteiger partial charge on any atom is -0.492 e. The van der Waals surface area contributed by atoms with E-state index in [1.165, 1.54) is 16.2 Å². The van der Waals surface area contributed by atoms with Gasteiger partial charge < -0.3 is 10.1 Å². The highest BCUT2D eigenvalue weighted by Gasteiger charge is 2.21. The molecule has 0 spiro atoms. The van der Waals surface area contributed by atoms with Gasteiger partial charge >= 0.3 is 0 Å². The fraction of sp³-hybridized carbons (Fsp3) is 0.294. The summed E-state index contributed by atoms with van der Waals surface area (Å²) in [6, 6.07) is 18.7. The molecule has 0 aliphatic carbocycles. The Balaban J connectivity index is 1.39. The first-order chi connectivity index (χ1) is 9.93. The molecule has 1 aliphatic rings. The summed E-state index contributed by atoms with van der Waals surface area (Å²) in [4.78, 5) is 1.44. The van der Waals surface area contributed by atoms with Gasteiger partial charge in [0.1, 0.15) is 12.4 Å². The van der Waals surface area contributed by atoms with Gasteiger partial charge in [0.15, 0.2) is 0 Å². The average Bonchev–Trinajstić information content (AvgIpc) is 2.91. The molecule has 0 aromatic heterocycles. The number of rotatable bonds is 6. The number of fused-ring (bicyclic) bond motifs is 1. The van der Waals surface area contributed by atoms with E-state index >= 15 is 0 Å². The lowest BCUT2D eigenvalue weighted by Gasteiger charge is -2.12. The van der Waals surface area contributed by atoms with Crippen molar-refractivity contribution < 1.29 is 4.74 Å². The zero-order chi connectivity index (χ0) is 13.6. The van der Waals surface area contributed by atoms with Crippen LogP contribution in [-0.4, -0.2) is 25.4 Å². The van der Waals surface area contributed by atoms with Gasteiger partial charge in [-0.05, 0) is 23.8 Å². The highest BCUT2D eigenvalue weighted by atomic mass is 32.2. The maximum atomic E-state index is 5.67. The molecule has 2 aromatic rings. The van der Waals surface area contributed by atoms with Crippen molar-refractivity contribution in [1.82, 2.24) is 5.32 Å². The van der Waals surface area contributed by atoms with Crippen molar-refractivity contribution in [3.8, 4) is 5.75 Å². The van der Waals surface area contributed by atoms with Crippen LogP contribution in [0.4, 0.5) is 0 Å². The number of nitrogens with one attached hydrogen (secondary N) is 1. The first-order valence-corrected chi connectivity index (χ1v) is 8.02. The van der Waals surface area contributed by atoms with Crippen LogP contribution >= 0.6 is 11.8 Å². The van der Waals surface area contributed by atoms with Crippen LogP contribution in [0.1, 0.15) is 11.5 Å². The van der Waals surface area contributed by atoms with Crippen LogP contribution in [0.5, 0.6) is 5.75 Å².